The molecule has 142 valence electrons. The van der Waals surface area contributed by atoms with E-state index in [1.165, 1.54) is 18.7 Å². The Hall–Kier alpha value is -1.38. The van der Waals surface area contributed by atoms with Gasteiger partial charge in [0.2, 0.25) is 0 Å². The maximum Gasteiger partial charge on any atom is 0.303 e. The second-order valence-corrected chi connectivity index (χ2v) is 8.60. The van der Waals surface area contributed by atoms with Gasteiger partial charge in [-0.3, -0.25) is 9.36 Å². The molecule has 0 N–H and O–H groups in total. The molecule has 0 spiro atoms. The summed E-state index contributed by atoms with van der Waals surface area (Å²) >= 11 is 7.83. The lowest BCUT2D eigenvalue weighted by Gasteiger charge is -2.22. The van der Waals surface area contributed by atoms with E-state index in [2.05, 4.69) is 35.7 Å². The molecule has 2 aromatic rings. The molecule has 1 aliphatic heterocycles. The fourth-order valence-corrected chi connectivity index (χ4v) is 4.18. The summed E-state index contributed by atoms with van der Waals surface area (Å²) in [4.78, 5) is 24.9. The summed E-state index contributed by atoms with van der Waals surface area (Å²) in [5.74, 6) is -0.270. The van der Waals surface area contributed by atoms with E-state index in [-0.39, 0.29) is 18.0 Å². The predicted octanol–water partition coefficient (Wildman–Crippen LogP) is 3.86. The van der Waals surface area contributed by atoms with Crippen LogP contribution in [0.5, 0.6) is 0 Å². The van der Waals surface area contributed by atoms with Crippen molar-refractivity contribution in [2.24, 2.45) is 5.92 Å². The molecule has 1 aliphatic rings. The Morgan fingerprint density at radius 2 is 2.19 bits per heavy atom. The van der Waals surface area contributed by atoms with E-state index >= 15 is 0 Å². The predicted molar refractivity (Wildman–Crippen MR) is 100 cm³/mol. The van der Waals surface area contributed by atoms with Gasteiger partial charge >= 0.3 is 5.97 Å². The quantitative estimate of drug-likeness (QED) is 0.327. The van der Waals surface area contributed by atoms with Crippen molar-refractivity contribution in [2.45, 2.75) is 69.9 Å². The summed E-state index contributed by atoms with van der Waals surface area (Å²) in [6, 6.07) is 0. The molecule has 3 rings (SSSR count). The number of fused-ring (bicyclic) bond motifs is 1. The van der Waals surface area contributed by atoms with Gasteiger partial charge in [-0.2, -0.15) is 0 Å². The first kappa shape index (κ1) is 19.4. The molecule has 0 unspecified atom stereocenters. The highest BCUT2D eigenvalue weighted by Gasteiger charge is 2.45. The molecule has 4 atom stereocenters. The van der Waals surface area contributed by atoms with Crippen molar-refractivity contribution < 1.29 is 14.3 Å². The number of imidazole rings is 1. The number of halogens is 1. The second kappa shape index (κ2) is 7.70. The Morgan fingerprint density at radius 1 is 1.46 bits per heavy atom. The number of thioether (sulfide) groups is 1. The third-order valence-electron chi connectivity index (χ3n) is 4.38. The number of nitrogens with zero attached hydrogens (tertiary/aromatic N) is 4. The molecule has 7 nitrogen and oxygen atoms in total. The molecular weight excluding hydrogens is 376 g/mol. The number of carbonyl (C=O) groups is 1. The lowest BCUT2D eigenvalue weighted by atomic mass is 9.98. The van der Waals surface area contributed by atoms with Gasteiger partial charge in [0.05, 0.1) is 12.4 Å². The van der Waals surface area contributed by atoms with E-state index in [4.69, 9.17) is 21.1 Å². The van der Waals surface area contributed by atoms with E-state index in [1.54, 1.807) is 10.9 Å². The van der Waals surface area contributed by atoms with Crippen LogP contribution in [0.4, 0.5) is 0 Å². The van der Waals surface area contributed by atoms with Crippen molar-refractivity contribution >= 4 is 40.5 Å². The maximum atomic E-state index is 11.6. The normalized spacial score (nSPS) is 26.0. The minimum Gasteiger partial charge on any atom is -0.457 e. The number of carbonyl (C=O) groups excluding carboxylic acids is 1. The molecule has 0 saturated carbocycles. The van der Waals surface area contributed by atoms with E-state index < -0.39 is 12.3 Å². The van der Waals surface area contributed by atoms with Crippen molar-refractivity contribution in [3.05, 3.63) is 11.5 Å². The SMILES string of the molecule is CC[C@H]1O[C@@H](n2cnc3c(Cl)nc(SC(C)C)nc32)[C@H](OC(C)=O)[C@@H]1C. The Kier molecular flexibility index (Phi) is 5.74. The fourth-order valence-electron chi connectivity index (χ4n) is 3.21. The van der Waals surface area contributed by atoms with Gasteiger partial charge in [0.25, 0.3) is 0 Å². The second-order valence-electron chi connectivity index (χ2n) is 6.69. The number of rotatable bonds is 5. The average molecular weight is 399 g/mol. The molecule has 0 aromatic carbocycles. The average Bonchev–Trinajstić information content (AvgIpc) is 3.09. The topological polar surface area (TPSA) is 79.1 Å². The summed E-state index contributed by atoms with van der Waals surface area (Å²) in [5.41, 5.74) is 1.09. The molecule has 0 radical (unpaired) electrons. The van der Waals surface area contributed by atoms with Crippen LogP contribution in [-0.2, 0) is 14.3 Å². The van der Waals surface area contributed by atoms with Crippen LogP contribution < -0.4 is 0 Å². The third kappa shape index (κ3) is 3.68. The van der Waals surface area contributed by atoms with Crippen LogP contribution in [-0.4, -0.2) is 42.9 Å². The highest BCUT2D eigenvalue weighted by atomic mass is 35.5. The highest BCUT2D eigenvalue weighted by Crippen LogP contribution is 2.39. The van der Waals surface area contributed by atoms with Gasteiger partial charge in [0.1, 0.15) is 5.52 Å². The van der Waals surface area contributed by atoms with Crippen LogP contribution in [0.2, 0.25) is 5.15 Å². The van der Waals surface area contributed by atoms with Gasteiger partial charge in [-0.15, -0.1) is 0 Å². The lowest BCUT2D eigenvalue weighted by molar-refractivity contribution is -0.153. The first-order chi connectivity index (χ1) is 12.3. The molecule has 3 heterocycles. The highest BCUT2D eigenvalue weighted by molar-refractivity contribution is 7.99. The summed E-state index contributed by atoms with van der Waals surface area (Å²) in [6.07, 6.45) is 1.54. The number of ether oxygens (including phenoxy) is 2. The molecule has 2 aromatic heterocycles. The van der Waals surface area contributed by atoms with E-state index in [0.717, 1.165) is 6.42 Å². The minimum absolute atomic E-state index is 0.0105. The van der Waals surface area contributed by atoms with Crippen LogP contribution in [0.15, 0.2) is 11.5 Å². The molecule has 1 fully saturated rings. The molecular formula is C17H23ClN4O3S. The lowest BCUT2D eigenvalue weighted by Crippen LogP contribution is -2.29. The zero-order valence-corrected chi connectivity index (χ0v) is 17.0. The first-order valence-corrected chi connectivity index (χ1v) is 9.97. The van der Waals surface area contributed by atoms with Crippen molar-refractivity contribution in [2.75, 3.05) is 0 Å². The summed E-state index contributed by atoms with van der Waals surface area (Å²) in [7, 11) is 0. The Bertz CT molecular complexity index is 813. The van der Waals surface area contributed by atoms with Gasteiger partial charge < -0.3 is 9.47 Å². The van der Waals surface area contributed by atoms with Crippen LogP contribution in [0, 0.1) is 5.92 Å². The zero-order valence-electron chi connectivity index (χ0n) is 15.5. The molecule has 0 amide bonds. The molecule has 0 bridgehead atoms. The number of esters is 1. The van der Waals surface area contributed by atoms with Gasteiger partial charge in [-0.25, -0.2) is 15.0 Å². The first-order valence-electron chi connectivity index (χ1n) is 8.71. The van der Waals surface area contributed by atoms with Gasteiger partial charge in [0, 0.05) is 18.1 Å². The Labute approximate surface area is 161 Å². The monoisotopic (exact) mass is 398 g/mol. The van der Waals surface area contributed by atoms with E-state index in [9.17, 15) is 4.79 Å². The zero-order chi connectivity index (χ0) is 19.0. The van der Waals surface area contributed by atoms with E-state index in [1.807, 2.05) is 6.92 Å². The van der Waals surface area contributed by atoms with Crippen LogP contribution >= 0.6 is 23.4 Å². The number of hydrogen-bond donors (Lipinski definition) is 0. The van der Waals surface area contributed by atoms with Crippen LogP contribution in [0.1, 0.15) is 47.3 Å². The van der Waals surface area contributed by atoms with Crippen molar-refractivity contribution in [1.82, 2.24) is 19.5 Å². The van der Waals surface area contributed by atoms with Crippen LogP contribution in [0.3, 0.4) is 0 Å². The Balaban J connectivity index is 2.05. The van der Waals surface area contributed by atoms with E-state index in [0.29, 0.717) is 26.7 Å². The van der Waals surface area contributed by atoms with Crippen molar-refractivity contribution in [1.29, 1.82) is 0 Å². The Morgan fingerprint density at radius 3 is 2.81 bits per heavy atom. The van der Waals surface area contributed by atoms with Gasteiger partial charge in [-0.05, 0) is 6.42 Å². The number of aromatic nitrogens is 4. The molecule has 1 saturated heterocycles. The summed E-state index contributed by atoms with van der Waals surface area (Å²) in [5, 5.41) is 1.21. The molecule has 26 heavy (non-hydrogen) atoms. The third-order valence-corrected chi connectivity index (χ3v) is 5.51. The summed E-state index contributed by atoms with van der Waals surface area (Å²) in [6.45, 7) is 9.62. The molecule has 9 heteroatoms. The standard InChI is InChI=1S/C17H23ClN4O3S/c1-6-11-9(4)13(24-10(5)23)16(25-11)22-7-19-12-14(18)20-17(21-15(12)22)26-8(2)3/h7-9,11,13,16H,6H2,1-5H3/t9-,11-,13-,16-/m1/s1. The largest absolute Gasteiger partial charge is 0.457 e. The van der Waals surface area contributed by atoms with Gasteiger partial charge in [-0.1, -0.05) is 51.1 Å². The summed E-state index contributed by atoms with van der Waals surface area (Å²) < 4.78 is 13.6. The van der Waals surface area contributed by atoms with Crippen LogP contribution in [0.25, 0.3) is 11.2 Å². The fraction of sp³-hybridized carbons (Fsp3) is 0.647. The minimum atomic E-state index is -0.494. The maximum absolute atomic E-state index is 11.6. The molecule has 0 aliphatic carbocycles. The number of hydrogen-bond acceptors (Lipinski definition) is 7. The van der Waals surface area contributed by atoms with Crippen molar-refractivity contribution in [3.63, 3.8) is 0 Å². The van der Waals surface area contributed by atoms with Gasteiger partial charge in [0.15, 0.2) is 28.3 Å². The van der Waals surface area contributed by atoms with Crippen molar-refractivity contribution in [3.8, 4) is 0 Å². The smallest absolute Gasteiger partial charge is 0.303 e.